The number of aliphatic hydroxyl groups is 1. The molecule has 4 fully saturated rings. The van der Waals surface area contributed by atoms with E-state index in [1.54, 1.807) is 0 Å². The van der Waals surface area contributed by atoms with E-state index in [2.05, 4.69) is 38.0 Å². The number of aliphatic hydroxyl groups excluding tert-OH is 1. The zero-order valence-corrected chi connectivity index (χ0v) is 18.0. The third kappa shape index (κ3) is 2.61. The Morgan fingerprint density at radius 2 is 1.96 bits per heavy atom. The molecular formula is C25H38N2O. The molecule has 3 heteroatoms. The number of hydrogen-bond acceptors (Lipinski definition) is 2. The van der Waals surface area contributed by atoms with E-state index in [4.69, 9.17) is 0 Å². The van der Waals surface area contributed by atoms with Gasteiger partial charge >= 0.3 is 0 Å². The summed E-state index contributed by atoms with van der Waals surface area (Å²) in [5.74, 6) is 3.32. The third-order valence-corrected chi connectivity index (χ3v) is 9.83. The second kappa shape index (κ2) is 6.72. The Morgan fingerprint density at radius 3 is 2.79 bits per heavy atom. The molecule has 5 rings (SSSR count). The number of nitrogens with zero attached hydrogens (tertiary/aromatic N) is 2. The molecule has 7 unspecified atom stereocenters. The fraction of sp³-hybridized carbons (Fsp3) is 0.800. The molecule has 1 aromatic rings. The highest BCUT2D eigenvalue weighted by Crippen LogP contribution is 2.67. The minimum atomic E-state index is -0.282. The van der Waals surface area contributed by atoms with E-state index < -0.39 is 0 Å². The van der Waals surface area contributed by atoms with E-state index in [9.17, 15) is 5.11 Å². The van der Waals surface area contributed by atoms with Gasteiger partial charge in [0, 0.05) is 18.2 Å². The van der Waals surface area contributed by atoms with Crippen LogP contribution in [0.15, 0.2) is 17.8 Å². The summed E-state index contributed by atoms with van der Waals surface area (Å²) in [5.41, 5.74) is 3.06. The lowest BCUT2D eigenvalue weighted by Gasteiger charge is -2.60. The van der Waals surface area contributed by atoms with Gasteiger partial charge < -0.3 is 5.11 Å². The predicted octanol–water partition coefficient (Wildman–Crippen LogP) is 5.69. The van der Waals surface area contributed by atoms with Gasteiger partial charge in [0.15, 0.2) is 0 Å². The molecule has 0 aromatic carbocycles. The quantitative estimate of drug-likeness (QED) is 0.713. The van der Waals surface area contributed by atoms with Crippen molar-refractivity contribution in [1.82, 2.24) is 9.78 Å². The van der Waals surface area contributed by atoms with Crippen molar-refractivity contribution in [2.75, 3.05) is 0 Å². The Balaban J connectivity index is 1.46. The van der Waals surface area contributed by atoms with Gasteiger partial charge in [0.2, 0.25) is 0 Å². The summed E-state index contributed by atoms with van der Waals surface area (Å²) >= 11 is 0. The molecule has 0 aliphatic heterocycles. The fourth-order valence-electron chi connectivity index (χ4n) is 8.21. The SMILES string of the molecule is CCn1nccc1C=C1CC2C3CCC4CCCCC4(C)C3CCC2(C)C1O. The first-order chi connectivity index (χ1) is 13.5. The lowest BCUT2D eigenvalue weighted by Crippen LogP contribution is -2.53. The Morgan fingerprint density at radius 1 is 1.11 bits per heavy atom. The molecule has 4 saturated carbocycles. The largest absolute Gasteiger partial charge is 0.388 e. The third-order valence-electron chi connectivity index (χ3n) is 9.83. The van der Waals surface area contributed by atoms with Crippen LogP contribution >= 0.6 is 0 Å². The summed E-state index contributed by atoms with van der Waals surface area (Å²) in [6, 6.07) is 2.09. The molecule has 0 amide bonds. The van der Waals surface area contributed by atoms with Gasteiger partial charge in [-0.25, -0.2) is 0 Å². The Hall–Kier alpha value is -1.09. The van der Waals surface area contributed by atoms with Crippen LogP contribution in [0.1, 0.15) is 84.3 Å². The lowest BCUT2D eigenvalue weighted by atomic mass is 9.45. The molecule has 3 nitrogen and oxygen atoms in total. The van der Waals surface area contributed by atoms with Crippen LogP contribution in [0.5, 0.6) is 0 Å². The predicted molar refractivity (Wildman–Crippen MR) is 114 cm³/mol. The van der Waals surface area contributed by atoms with E-state index in [-0.39, 0.29) is 11.5 Å². The average Bonchev–Trinajstić information content (AvgIpc) is 3.24. The van der Waals surface area contributed by atoms with E-state index in [1.165, 1.54) is 56.9 Å². The molecule has 0 radical (unpaired) electrons. The van der Waals surface area contributed by atoms with Crippen LogP contribution < -0.4 is 0 Å². The second-order valence-electron chi connectivity index (χ2n) is 10.8. The van der Waals surface area contributed by atoms with Crippen molar-refractivity contribution < 1.29 is 5.11 Å². The molecule has 4 aliphatic rings. The molecule has 0 saturated heterocycles. The first-order valence-electron chi connectivity index (χ1n) is 11.9. The molecule has 0 spiro atoms. The molecule has 154 valence electrons. The van der Waals surface area contributed by atoms with Gasteiger partial charge in [-0.3, -0.25) is 4.68 Å². The van der Waals surface area contributed by atoms with Crippen molar-refractivity contribution in [3.8, 4) is 0 Å². The van der Waals surface area contributed by atoms with Gasteiger partial charge in [-0.15, -0.1) is 0 Å². The van der Waals surface area contributed by atoms with Crippen molar-refractivity contribution >= 4 is 6.08 Å². The summed E-state index contributed by atoms with van der Waals surface area (Å²) in [6.07, 6.45) is 16.1. The molecule has 7 atom stereocenters. The molecule has 4 aliphatic carbocycles. The van der Waals surface area contributed by atoms with Gasteiger partial charge in [-0.2, -0.15) is 5.10 Å². The number of aromatic nitrogens is 2. The number of hydrogen-bond donors (Lipinski definition) is 1. The molecule has 1 N–H and O–H groups in total. The van der Waals surface area contributed by atoms with Crippen LogP contribution in [0.3, 0.4) is 0 Å². The maximum Gasteiger partial charge on any atom is 0.0810 e. The number of rotatable bonds is 2. The van der Waals surface area contributed by atoms with Gasteiger partial charge in [0.1, 0.15) is 0 Å². The first-order valence-corrected chi connectivity index (χ1v) is 11.9. The maximum absolute atomic E-state index is 11.4. The van der Waals surface area contributed by atoms with Crippen LogP contribution in [-0.2, 0) is 6.54 Å². The summed E-state index contributed by atoms with van der Waals surface area (Å²) < 4.78 is 2.04. The van der Waals surface area contributed by atoms with Crippen molar-refractivity contribution in [2.24, 2.45) is 34.5 Å². The lowest BCUT2D eigenvalue weighted by molar-refractivity contribution is -0.119. The number of aryl methyl sites for hydroxylation is 1. The summed E-state index contributed by atoms with van der Waals surface area (Å²) in [6.45, 7) is 8.05. The Kier molecular flexibility index (Phi) is 4.54. The first kappa shape index (κ1) is 18.9. The van der Waals surface area contributed by atoms with Crippen molar-refractivity contribution in [1.29, 1.82) is 0 Å². The highest BCUT2D eigenvalue weighted by atomic mass is 16.3. The zero-order valence-electron chi connectivity index (χ0n) is 18.0. The van der Waals surface area contributed by atoms with Crippen molar-refractivity contribution in [3.63, 3.8) is 0 Å². The molecule has 0 bridgehead atoms. The maximum atomic E-state index is 11.4. The molecular weight excluding hydrogens is 344 g/mol. The highest BCUT2D eigenvalue weighted by molar-refractivity contribution is 5.52. The van der Waals surface area contributed by atoms with Crippen LogP contribution in [0.2, 0.25) is 0 Å². The van der Waals surface area contributed by atoms with Crippen molar-refractivity contribution in [3.05, 3.63) is 23.5 Å². The summed E-state index contributed by atoms with van der Waals surface area (Å²) in [7, 11) is 0. The van der Waals surface area contributed by atoms with Crippen LogP contribution in [0.25, 0.3) is 6.08 Å². The topological polar surface area (TPSA) is 38.0 Å². The Labute approximate surface area is 170 Å². The van der Waals surface area contributed by atoms with Crippen LogP contribution in [0, 0.1) is 34.5 Å². The van der Waals surface area contributed by atoms with E-state index in [1.807, 2.05) is 10.9 Å². The smallest absolute Gasteiger partial charge is 0.0810 e. The van der Waals surface area contributed by atoms with Crippen LogP contribution in [-0.4, -0.2) is 21.0 Å². The minimum absolute atomic E-state index is 0.0714. The summed E-state index contributed by atoms with van der Waals surface area (Å²) in [5, 5.41) is 15.8. The Bertz CT molecular complexity index is 766. The standard InChI is InChI=1S/C25H38N2O/c1-4-27-19(11-14-26-27)15-17-16-22-20-9-8-18-7-5-6-12-24(18,2)21(20)10-13-25(22,3)23(17)28/h11,14-15,18,20-23,28H,4-10,12-13,16H2,1-3H3. The zero-order chi connectivity index (χ0) is 19.5. The van der Waals surface area contributed by atoms with Gasteiger partial charge in [0.05, 0.1) is 11.8 Å². The van der Waals surface area contributed by atoms with Crippen LogP contribution in [0.4, 0.5) is 0 Å². The van der Waals surface area contributed by atoms with Gasteiger partial charge in [-0.1, -0.05) is 26.7 Å². The molecule has 1 heterocycles. The molecule has 28 heavy (non-hydrogen) atoms. The van der Waals surface area contributed by atoms with E-state index in [0.29, 0.717) is 11.3 Å². The van der Waals surface area contributed by atoms with E-state index in [0.717, 1.165) is 36.4 Å². The minimum Gasteiger partial charge on any atom is -0.388 e. The van der Waals surface area contributed by atoms with Gasteiger partial charge in [0.25, 0.3) is 0 Å². The highest BCUT2D eigenvalue weighted by Gasteiger charge is 2.60. The van der Waals surface area contributed by atoms with Crippen molar-refractivity contribution in [2.45, 2.75) is 91.2 Å². The average molecular weight is 383 g/mol. The van der Waals surface area contributed by atoms with E-state index >= 15 is 0 Å². The normalized spacial score (nSPS) is 46.9. The fourth-order valence-corrected chi connectivity index (χ4v) is 8.21. The monoisotopic (exact) mass is 382 g/mol. The van der Waals surface area contributed by atoms with Gasteiger partial charge in [-0.05, 0) is 98.7 Å². The summed E-state index contributed by atoms with van der Waals surface area (Å²) in [4.78, 5) is 0. The second-order valence-corrected chi connectivity index (χ2v) is 10.8. The molecule has 1 aromatic heterocycles. The number of fused-ring (bicyclic) bond motifs is 5.